The van der Waals surface area contributed by atoms with Gasteiger partial charge in [0.05, 0.1) is 17.8 Å². The molecule has 6 heteroatoms. The third-order valence-electron chi connectivity index (χ3n) is 5.39. The Morgan fingerprint density at radius 2 is 2.03 bits per heavy atom. The summed E-state index contributed by atoms with van der Waals surface area (Å²) in [5, 5.41) is 0. The normalized spacial score (nSPS) is 16.4. The molecule has 1 fully saturated rings. The molecular weight excluding hydrogens is 364 g/mol. The summed E-state index contributed by atoms with van der Waals surface area (Å²) in [5.41, 5.74) is 3.45. The molecule has 1 aromatic carbocycles. The van der Waals surface area contributed by atoms with Gasteiger partial charge in [0.1, 0.15) is 6.61 Å². The molecule has 2 aromatic rings. The van der Waals surface area contributed by atoms with Crippen LogP contribution in [0.15, 0.2) is 41.5 Å². The molecule has 0 saturated carbocycles. The number of anilines is 2. The zero-order valence-corrected chi connectivity index (χ0v) is 16.8. The van der Waals surface area contributed by atoms with E-state index in [2.05, 4.69) is 27.7 Å². The number of carbonyl (C=O) groups is 1. The fourth-order valence-electron chi connectivity index (χ4n) is 3.91. The van der Waals surface area contributed by atoms with E-state index in [4.69, 9.17) is 4.74 Å². The largest absolute Gasteiger partial charge is 0.488 e. The predicted octanol–water partition coefficient (Wildman–Crippen LogP) is 4.60. The van der Waals surface area contributed by atoms with Gasteiger partial charge in [-0.15, -0.1) is 0 Å². The molecule has 1 amide bonds. The molecule has 3 heterocycles. The van der Waals surface area contributed by atoms with Gasteiger partial charge in [-0.3, -0.25) is 9.79 Å². The van der Waals surface area contributed by atoms with Gasteiger partial charge < -0.3 is 14.5 Å². The maximum atomic E-state index is 12.8. The van der Waals surface area contributed by atoms with Crippen LogP contribution in [0.2, 0.25) is 0 Å². The van der Waals surface area contributed by atoms with Gasteiger partial charge in [-0.05, 0) is 57.2 Å². The second-order valence-electron chi connectivity index (χ2n) is 7.30. The lowest BCUT2D eigenvalue weighted by Crippen LogP contribution is -2.36. The van der Waals surface area contributed by atoms with E-state index >= 15 is 0 Å². The topological polar surface area (TPSA) is 58.0 Å². The first-order valence-corrected chi connectivity index (χ1v) is 10.1. The van der Waals surface area contributed by atoms with Crippen LogP contribution in [0.3, 0.4) is 0 Å². The smallest absolute Gasteiger partial charge is 0.255 e. The summed E-state index contributed by atoms with van der Waals surface area (Å²) in [5.74, 6) is 1.42. The highest BCUT2D eigenvalue weighted by molar-refractivity contribution is 5.95. The van der Waals surface area contributed by atoms with E-state index in [9.17, 15) is 4.79 Å². The van der Waals surface area contributed by atoms with E-state index in [0.717, 1.165) is 48.7 Å². The molecule has 0 atom stereocenters. The summed E-state index contributed by atoms with van der Waals surface area (Å²) in [4.78, 5) is 25.6. The number of fused-ring (bicyclic) bond motifs is 1. The predicted molar refractivity (Wildman–Crippen MR) is 117 cm³/mol. The highest BCUT2D eigenvalue weighted by Crippen LogP contribution is 2.37. The number of ether oxygens (including phenoxy) is 1. The van der Waals surface area contributed by atoms with Crippen LogP contribution < -0.4 is 9.64 Å². The average molecular weight is 390 g/mol. The highest BCUT2D eigenvalue weighted by Gasteiger charge is 2.25. The Kier molecular flexibility index (Phi) is 5.60. The molecule has 6 nitrogen and oxygen atoms in total. The number of carbonyl (C=O) groups excluding carboxylic acids is 1. The minimum atomic E-state index is 0.0394. The molecule has 0 radical (unpaired) electrons. The van der Waals surface area contributed by atoms with Gasteiger partial charge >= 0.3 is 0 Å². The van der Waals surface area contributed by atoms with Gasteiger partial charge in [-0.2, -0.15) is 0 Å². The first kappa shape index (κ1) is 19.2. The Labute approximate surface area is 171 Å². The number of rotatable bonds is 4. The number of aromatic nitrogens is 1. The Hall–Kier alpha value is -3.15. The third kappa shape index (κ3) is 3.88. The maximum absolute atomic E-state index is 12.8. The molecule has 2 aliphatic heterocycles. The van der Waals surface area contributed by atoms with Crippen LogP contribution in [-0.2, 0) is 0 Å². The molecule has 0 bridgehead atoms. The number of allylic oxidation sites excluding steroid dienone is 1. The first-order valence-electron chi connectivity index (χ1n) is 10.1. The second kappa shape index (κ2) is 8.47. The number of likely N-dealkylation sites (tertiary alicyclic amines) is 1. The molecule has 2 aliphatic rings. The zero-order valence-electron chi connectivity index (χ0n) is 16.8. The van der Waals surface area contributed by atoms with Crippen LogP contribution in [0.1, 0.15) is 42.1 Å². The van der Waals surface area contributed by atoms with Gasteiger partial charge in [-0.25, -0.2) is 4.98 Å². The Bertz CT molecular complexity index is 948. The molecule has 0 aliphatic carbocycles. The zero-order chi connectivity index (χ0) is 20.2. The van der Waals surface area contributed by atoms with Crippen LogP contribution >= 0.6 is 0 Å². The van der Waals surface area contributed by atoms with Crippen LogP contribution in [0, 0.1) is 0 Å². The van der Waals surface area contributed by atoms with Crippen molar-refractivity contribution in [1.82, 2.24) is 9.88 Å². The molecule has 0 unspecified atom stereocenters. The van der Waals surface area contributed by atoms with Crippen molar-refractivity contribution in [3.8, 4) is 5.75 Å². The summed E-state index contributed by atoms with van der Waals surface area (Å²) >= 11 is 0. The molecule has 29 heavy (non-hydrogen) atoms. The van der Waals surface area contributed by atoms with E-state index in [0.29, 0.717) is 24.5 Å². The second-order valence-corrected chi connectivity index (χ2v) is 7.30. The molecule has 0 N–H and O–H groups in total. The van der Waals surface area contributed by atoms with Crippen molar-refractivity contribution in [2.24, 2.45) is 4.99 Å². The SMILES string of the molecule is C=Nc1ccc(N2CCOc3cc(C(=O)N4CCCCC4)cnc32)cc1/C=C\C. The lowest BCUT2D eigenvalue weighted by Gasteiger charge is -2.31. The number of piperidine rings is 1. The summed E-state index contributed by atoms with van der Waals surface area (Å²) in [6.07, 6.45) is 9.00. The third-order valence-corrected chi connectivity index (χ3v) is 5.39. The number of hydrogen-bond acceptors (Lipinski definition) is 5. The van der Waals surface area contributed by atoms with Gasteiger partial charge in [0, 0.05) is 30.5 Å². The Balaban J connectivity index is 1.64. The highest BCUT2D eigenvalue weighted by atomic mass is 16.5. The van der Waals surface area contributed by atoms with Crippen LogP contribution in [0.4, 0.5) is 17.2 Å². The fraction of sp³-hybridized carbons (Fsp3) is 0.348. The summed E-state index contributed by atoms with van der Waals surface area (Å²) < 4.78 is 5.86. The van der Waals surface area contributed by atoms with Crippen molar-refractivity contribution in [2.75, 3.05) is 31.1 Å². The summed E-state index contributed by atoms with van der Waals surface area (Å²) in [6.45, 7) is 8.50. The van der Waals surface area contributed by atoms with E-state index in [1.54, 1.807) is 6.20 Å². The van der Waals surface area contributed by atoms with Crippen LogP contribution in [-0.4, -0.2) is 48.7 Å². The number of pyridine rings is 1. The molecule has 150 valence electrons. The molecule has 1 aromatic heterocycles. The number of hydrogen-bond donors (Lipinski definition) is 0. The van der Waals surface area contributed by atoms with Crippen molar-refractivity contribution in [1.29, 1.82) is 0 Å². The Morgan fingerprint density at radius 3 is 2.79 bits per heavy atom. The van der Waals surface area contributed by atoms with Crippen molar-refractivity contribution in [3.05, 3.63) is 47.7 Å². The number of nitrogens with zero attached hydrogens (tertiary/aromatic N) is 4. The van der Waals surface area contributed by atoms with Crippen LogP contribution in [0.25, 0.3) is 6.08 Å². The fourth-order valence-corrected chi connectivity index (χ4v) is 3.91. The molecular formula is C23H26N4O2. The Morgan fingerprint density at radius 1 is 1.21 bits per heavy atom. The van der Waals surface area contributed by atoms with Gasteiger partial charge in [0.15, 0.2) is 11.6 Å². The van der Waals surface area contributed by atoms with E-state index < -0.39 is 0 Å². The summed E-state index contributed by atoms with van der Waals surface area (Å²) in [6, 6.07) is 7.88. The minimum absolute atomic E-state index is 0.0394. The summed E-state index contributed by atoms with van der Waals surface area (Å²) in [7, 11) is 0. The van der Waals surface area contributed by atoms with Crippen LogP contribution in [0.5, 0.6) is 5.75 Å². The van der Waals surface area contributed by atoms with Crippen molar-refractivity contribution < 1.29 is 9.53 Å². The van der Waals surface area contributed by atoms with Gasteiger partial charge in [0.25, 0.3) is 5.91 Å². The average Bonchev–Trinajstić information content (AvgIpc) is 2.78. The maximum Gasteiger partial charge on any atom is 0.255 e. The lowest BCUT2D eigenvalue weighted by molar-refractivity contribution is 0.0723. The van der Waals surface area contributed by atoms with E-state index in [1.165, 1.54) is 6.42 Å². The van der Waals surface area contributed by atoms with Crippen molar-refractivity contribution in [3.63, 3.8) is 0 Å². The van der Waals surface area contributed by atoms with Gasteiger partial charge in [0.2, 0.25) is 0 Å². The van der Waals surface area contributed by atoms with Gasteiger partial charge in [-0.1, -0.05) is 12.2 Å². The molecule has 4 rings (SSSR count). The minimum Gasteiger partial charge on any atom is -0.488 e. The molecule has 1 saturated heterocycles. The molecule has 0 spiro atoms. The van der Waals surface area contributed by atoms with E-state index in [1.807, 2.05) is 42.2 Å². The number of benzene rings is 1. The van der Waals surface area contributed by atoms with E-state index in [-0.39, 0.29) is 5.91 Å². The van der Waals surface area contributed by atoms with Crippen molar-refractivity contribution in [2.45, 2.75) is 26.2 Å². The number of aliphatic imine (C=N–C) groups is 1. The van der Waals surface area contributed by atoms with Crippen molar-refractivity contribution >= 4 is 35.9 Å². The monoisotopic (exact) mass is 390 g/mol. The first-order chi connectivity index (χ1) is 14.2. The lowest BCUT2D eigenvalue weighted by atomic mass is 10.1. The number of amides is 1. The standard InChI is InChI=1S/C23H26N4O2/c1-3-7-17-14-19(8-9-20(17)24-2)27-12-13-29-21-15-18(16-25-22(21)27)23(28)26-10-5-4-6-11-26/h3,7-9,14-16H,2,4-6,10-13H2,1H3/b7-3-. The quantitative estimate of drug-likeness (QED) is 0.716.